The molecule has 2 aromatic carbocycles. The zero-order chi connectivity index (χ0) is 19.9. The molecule has 1 heterocycles. The second-order valence-corrected chi connectivity index (χ2v) is 7.61. The molecule has 1 saturated heterocycles. The summed E-state index contributed by atoms with van der Waals surface area (Å²) in [6.45, 7) is 4.99. The molecule has 148 valence electrons. The molecule has 0 radical (unpaired) electrons. The molecule has 5 nitrogen and oxygen atoms in total. The Morgan fingerprint density at radius 3 is 2.21 bits per heavy atom. The molecular weight excluding hydrogens is 374 g/mol. The van der Waals surface area contributed by atoms with Gasteiger partial charge in [-0.15, -0.1) is 0 Å². The molecule has 2 aromatic rings. The zero-order valence-corrected chi connectivity index (χ0v) is 16.9. The van der Waals surface area contributed by atoms with Gasteiger partial charge in [-0.05, 0) is 36.6 Å². The predicted molar refractivity (Wildman–Crippen MR) is 111 cm³/mol. The molecule has 0 atom stereocenters. The second kappa shape index (κ2) is 9.60. The minimum Gasteiger partial charge on any atom is -0.341 e. The first-order valence-electron chi connectivity index (χ1n) is 9.62. The minimum atomic E-state index is -0.0763. The summed E-state index contributed by atoms with van der Waals surface area (Å²) in [4.78, 5) is 28.7. The molecule has 0 unspecified atom stereocenters. The van der Waals surface area contributed by atoms with Crippen LogP contribution in [0.3, 0.4) is 0 Å². The van der Waals surface area contributed by atoms with Gasteiger partial charge in [-0.3, -0.25) is 4.79 Å². The molecule has 0 spiro atoms. The number of halogens is 1. The van der Waals surface area contributed by atoms with Gasteiger partial charge in [-0.25, -0.2) is 4.79 Å². The maximum Gasteiger partial charge on any atom is 0.317 e. The van der Waals surface area contributed by atoms with Gasteiger partial charge < -0.3 is 15.1 Å². The lowest BCUT2D eigenvalue weighted by atomic mass is 10.1. The summed E-state index contributed by atoms with van der Waals surface area (Å²) in [5.41, 5.74) is 3.23. The summed E-state index contributed by atoms with van der Waals surface area (Å²) in [5.74, 6) is 0.0873. The van der Waals surface area contributed by atoms with Gasteiger partial charge in [-0.2, -0.15) is 0 Å². The molecule has 0 aliphatic carbocycles. The standard InChI is InChI=1S/C22H26ClN3O2/c1-17-3-5-19(6-4-17)16-24-22(28)26-12-2-11-25(13-14-26)21(27)15-18-7-9-20(23)10-8-18/h3-10H,2,11-16H2,1H3,(H,24,28). The molecular formula is C22H26ClN3O2. The van der Waals surface area contributed by atoms with Crippen molar-refractivity contribution in [2.75, 3.05) is 26.2 Å². The van der Waals surface area contributed by atoms with E-state index in [1.54, 1.807) is 17.0 Å². The van der Waals surface area contributed by atoms with Crippen LogP contribution in [0.5, 0.6) is 0 Å². The number of carbonyl (C=O) groups is 2. The quantitative estimate of drug-likeness (QED) is 0.853. The van der Waals surface area contributed by atoms with E-state index < -0.39 is 0 Å². The average molecular weight is 400 g/mol. The third kappa shape index (κ3) is 5.73. The van der Waals surface area contributed by atoms with Crippen LogP contribution in [0.25, 0.3) is 0 Å². The number of hydrogen-bond acceptors (Lipinski definition) is 2. The monoisotopic (exact) mass is 399 g/mol. The Morgan fingerprint density at radius 1 is 0.893 bits per heavy atom. The van der Waals surface area contributed by atoms with Crippen LogP contribution >= 0.6 is 11.6 Å². The van der Waals surface area contributed by atoms with E-state index >= 15 is 0 Å². The molecule has 28 heavy (non-hydrogen) atoms. The Bertz CT molecular complexity index is 806. The Kier molecular flexibility index (Phi) is 6.93. The number of carbonyl (C=O) groups excluding carboxylic acids is 2. The van der Waals surface area contributed by atoms with Crippen LogP contribution in [0.15, 0.2) is 48.5 Å². The van der Waals surface area contributed by atoms with Crippen molar-refractivity contribution in [3.63, 3.8) is 0 Å². The summed E-state index contributed by atoms with van der Waals surface area (Å²) in [7, 11) is 0. The summed E-state index contributed by atoms with van der Waals surface area (Å²) < 4.78 is 0. The number of nitrogens with one attached hydrogen (secondary N) is 1. The molecule has 3 rings (SSSR count). The lowest BCUT2D eigenvalue weighted by Gasteiger charge is -2.22. The summed E-state index contributed by atoms with van der Waals surface area (Å²) >= 11 is 5.90. The van der Waals surface area contributed by atoms with Crippen LogP contribution in [0.4, 0.5) is 4.79 Å². The third-order valence-electron chi connectivity index (χ3n) is 4.97. The number of aryl methyl sites for hydroxylation is 1. The summed E-state index contributed by atoms with van der Waals surface area (Å²) in [6, 6.07) is 15.4. The topological polar surface area (TPSA) is 52.7 Å². The van der Waals surface area contributed by atoms with E-state index in [0.29, 0.717) is 44.2 Å². The summed E-state index contributed by atoms with van der Waals surface area (Å²) in [6.07, 6.45) is 1.14. The van der Waals surface area contributed by atoms with Crippen LogP contribution in [-0.2, 0) is 17.8 Å². The smallest absolute Gasteiger partial charge is 0.317 e. The molecule has 1 aliphatic rings. The largest absolute Gasteiger partial charge is 0.341 e. The van der Waals surface area contributed by atoms with E-state index in [1.807, 2.05) is 48.2 Å². The Labute approximate surface area is 171 Å². The first kappa shape index (κ1) is 20.2. The van der Waals surface area contributed by atoms with E-state index in [-0.39, 0.29) is 11.9 Å². The van der Waals surface area contributed by atoms with Gasteiger partial charge in [0.1, 0.15) is 0 Å². The Balaban J connectivity index is 1.48. The average Bonchev–Trinajstić information content (AvgIpc) is 2.95. The number of nitrogens with zero attached hydrogens (tertiary/aromatic N) is 2. The van der Waals surface area contributed by atoms with Crippen molar-refractivity contribution < 1.29 is 9.59 Å². The highest BCUT2D eigenvalue weighted by Crippen LogP contribution is 2.12. The van der Waals surface area contributed by atoms with E-state index in [0.717, 1.165) is 17.5 Å². The van der Waals surface area contributed by atoms with Gasteiger partial charge >= 0.3 is 6.03 Å². The third-order valence-corrected chi connectivity index (χ3v) is 5.22. The van der Waals surface area contributed by atoms with Crippen molar-refractivity contribution in [2.24, 2.45) is 0 Å². The van der Waals surface area contributed by atoms with Crippen molar-refractivity contribution >= 4 is 23.5 Å². The van der Waals surface area contributed by atoms with Crippen LogP contribution < -0.4 is 5.32 Å². The number of rotatable bonds is 4. The molecule has 1 fully saturated rings. The number of amides is 3. The van der Waals surface area contributed by atoms with E-state index in [4.69, 9.17) is 11.6 Å². The molecule has 1 N–H and O–H groups in total. The van der Waals surface area contributed by atoms with Gasteiger partial charge in [0.15, 0.2) is 0 Å². The maximum absolute atomic E-state index is 12.6. The van der Waals surface area contributed by atoms with E-state index in [1.165, 1.54) is 5.56 Å². The van der Waals surface area contributed by atoms with Gasteiger partial charge in [0.05, 0.1) is 6.42 Å². The van der Waals surface area contributed by atoms with Crippen LogP contribution in [0.2, 0.25) is 5.02 Å². The van der Waals surface area contributed by atoms with Gasteiger partial charge in [-0.1, -0.05) is 53.6 Å². The number of benzene rings is 2. The van der Waals surface area contributed by atoms with Crippen LogP contribution in [0.1, 0.15) is 23.1 Å². The Morgan fingerprint density at radius 2 is 1.50 bits per heavy atom. The molecule has 3 amide bonds. The van der Waals surface area contributed by atoms with Crippen molar-refractivity contribution in [1.29, 1.82) is 0 Å². The lowest BCUT2D eigenvalue weighted by Crippen LogP contribution is -2.42. The molecule has 1 aliphatic heterocycles. The van der Waals surface area contributed by atoms with Gasteiger partial charge in [0.2, 0.25) is 5.91 Å². The second-order valence-electron chi connectivity index (χ2n) is 7.17. The zero-order valence-electron chi connectivity index (χ0n) is 16.2. The fraction of sp³-hybridized carbons (Fsp3) is 0.364. The highest BCUT2D eigenvalue weighted by Gasteiger charge is 2.22. The van der Waals surface area contributed by atoms with Crippen molar-refractivity contribution in [3.8, 4) is 0 Å². The fourth-order valence-electron chi connectivity index (χ4n) is 3.25. The predicted octanol–water partition coefficient (Wildman–Crippen LogP) is 3.64. The first-order chi connectivity index (χ1) is 13.5. The first-order valence-corrected chi connectivity index (χ1v) is 9.99. The molecule has 0 bridgehead atoms. The highest BCUT2D eigenvalue weighted by molar-refractivity contribution is 6.30. The minimum absolute atomic E-state index is 0.0763. The Hall–Kier alpha value is -2.53. The van der Waals surface area contributed by atoms with Crippen molar-refractivity contribution in [3.05, 3.63) is 70.2 Å². The number of urea groups is 1. The van der Waals surface area contributed by atoms with Crippen LogP contribution in [0, 0.1) is 6.92 Å². The molecule has 0 aromatic heterocycles. The van der Waals surface area contributed by atoms with Crippen molar-refractivity contribution in [2.45, 2.75) is 26.3 Å². The normalized spacial score (nSPS) is 14.5. The fourth-order valence-corrected chi connectivity index (χ4v) is 3.38. The van der Waals surface area contributed by atoms with Gasteiger partial charge in [0.25, 0.3) is 0 Å². The van der Waals surface area contributed by atoms with E-state index in [9.17, 15) is 9.59 Å². The molecule has 0 saturated carbocycles. The highest BCUT2D eigenvalue weighted by atomic mass is 35.5. The molecule has 6 heteroatoms. The van der Waals surface area contributed by atoms with E-state index in [2.05, 4.69) is 5.32 Å². The van der Waals surface area contributed by atoms with Crippen LogP contribution in [-0.4, -0.2) is 47.9 Å². The lowest BCUT2D eigenvalue weighted by molar-refractivity contribution is -0.130. The van der Waals surface area contributed by atoms with Gasteiger partial charge in [0, 0.05) is 37.7 Å². The summed E-state index contributed by atoms with van der Waals surface area (Å²) in [5, 5.41) is 3.64. The number of hydrogen-bond donors (Lipinski definition) is 1. The SMILES string of the molecule is Cc1ccc(CNC(=O)N2CCCN(C(=O)Cc3ccc(Cl)cc3)CC2)cc1. The maximum atomic E-state index is 12.6. The van der Waals surface area contributed by atoms with Crippen molar-refractivity contribution in [1.82, 2.24) is 15.1 Å².